The van der Waals surface area contributed by atoms with E-state index in [1.807, 2.05) is 0 Å². The van der Waals surface area contributed by atoms with Gasteiger partial charge in [-0.1, -0.05) is 31.5 Å². The first kappa shape index (κ1) is 15.1. The highest BCUT2D eigenvalue weighted by Crippen LogP contribution is 2.29. The van der Waals surface area contributed by atoms with Crippen molar-refractivity contribution in [2.24, 2.45) is 5.92 Å². The van der Waals surface area contributed by atoms with Crippen LogP contribution in [0.4, 0.5) is 0 Å². The minimum Gasteiger partial charge on any atom is -0.307 e. The third-order valence-electron chi connectivity index (χ3n) is 5.78. The summed E-state index contributed by atoms with van der Waals surface area (Å²) >= 11 is 0. The van der Waals surface area contributed by atoms with Crippen molar-refractivity contribution >= 4 is 0 Å². The predicted molar refractivity (Wildman–Crippen MR) is 90.7 cm³/mol. The number of hydrogen-bond donors (Lipinski definition) is 1. The highest BCUT2D eigenvalue weighted by Gasteiger charge is 2.21. The number of fused-ring (bicyclic) bond motifs is 1. The van der Waals surface area contributed by atoms with Crippen LogP contribution in [0.15, 0.2) is 18.2 Å². The largest absolute Gasteiger partial charge is 0.307 e. The lowest BCUT2D eigenvalue weighted by Crippen LogP contribution is -2.35. The van der Waals surface area contributed by atoms with Crippen LogP contribution >= 0.6 is 0 Å². The molecule has 1 fully saturated rings. The molecule has 1 unspecified atom stereocenters. The monoisotopic (exact) mass is 285 g/mol. The summed E-state index contributed by atoms with van der Waals surface area (Å²) in [5.41, 5.74) is 4.70. The highest BCUT2D eigenvalue weighted by molar-refractivity contribution is 5.35. The molecule has 1 aromatic carbocycles. The summed E-state index contributed by atoms with van der Waals surface area (Å²) in [4.78, 5) is 0. The number of aryl methyl sites for hydroxylation is 2. The van der Waals surface area contributed by atoms with Crippen molar-refractivity contribution in [3.8, 4) is 0 Å². The molecule has 1 atom stereocenters. The van der Waals surface area contributed by atoms with Crippen LogP contribution in [0.2, 0.25) is 0 Å². The average molecular weight is 285 g/mol. The Hall–Kier alpha value is -0.820. The van der Waals surface area contributed by atoms with Gasteiger partial charge in [0.25, 0.3) is 0 Å². The van der Waals surface area contributed by atoms with Gasteiger partial charge < -0.3 is 5.32 Å². The lowest BCUT2D eigenvalue weighted by atomic mass is 9.84. The molecule has 0 aliphatic heterocycles. The molecular formula is C20H31N. The average Bonchev–Trinajstić information content (AvgIpc) is 2.55. The first-order valence-corrected chi connectivity index (χ1v) is 9.14. The molecule has 0 heterocycles. The third kappa shape index (κ3) is 3.69. The second-order valence-corrected chi connectivity index (χ2v) is 7.25. The Bertz CT molecular complexity index is 457. The van der Waals surface area contributed by atoms with E-state index in [-0.39, 0.29) is 0 Å². The van der Waals surface area contributed by atoms with Crippen LogP contribution in [0, 0.1) is 5.92 Å². The molecule has 1 saturated carbocycles. The summed E-state index contributed by atoms with van der Waals surface area (Å²) in [5, 5.41) is 3.89. The number of rotatable bonds is 4. The van der Waals surface area contributed by atoms with Gasteiger partial charge in [0, 0.05) is 12.1 Å². The minimum atomic E-state index is 0.500. The summed E-state index contributed by atoms with van der Waals surface area (Å²) in [7, 11) is 0. The molecule has 0 bridgehead atoms. The quantitative estimate of drug-likeness (QED) is 0.803. The van der Waals surface area contributed by atoms with E-state index in [0.717, 1.165) is 12.0 Å². The van der Waals surface area contributed by atoms with E-state index in [4.69, 9.17) is 0 Å². The predicted octanol–water partition coefficient (Wildman–Crippen LogP) is 5.18. The second-order valence-electron chi connectivity index (χ2n) is 7.25. The molecule has 0 radical (unpaired) electrons. The van der Waals surface area contributed by atoms with Gasteiger partial charge >= 0.3 is 0 Å². The van der Waals surface area contributed by atoms with Crippen molar-refractivity contribution in [1.82, 2.24) is 5.32 Å². The van der Waals surface area contributed by atoms with Crippen LogP contribution in [-0.4, -0.2) is 6.04 Å². The Kier molecular flexibility index (Phi) is 5.00. The Morgan fingerprint density at radius 1 is 1.05 bits per heavy atom. The van der Waals surface area contributed by atoms with E-state index in [2.05, 4.69) is 37.4 Å². The van der Waals surface area contributed by atoms with Gasteiger partial charge in [0.15, 0.2) is 0 Å². The third-order valence-corrected chi connectivity index (χ3v) is 5.78. The van der Waals surface area contributed by atoms with Crippen molar-refractivity contribution in [1.29, 1.82) is 0 Å². The molecule has 1 nitrogen and oxygen atoms in total. The van der Waals surface area contributed by atoms with Gasteiger partial charge in [-0.2, -0.15) is 0 Å². The zero-order valence-corrected chi connectivity index (χ0v) is 13.8. The van der Waals surface area contributed by atoms with Crippen LogP contribution in [-0.2, 0) is 12.8 Å². The molecule has 0 saturated heterocycles. The van der Waals surface area contributed by atoms with Gasteiger partial charge in [-0.15, -0.1) is 0 Å². The summed E-state index contributed by atoms with van der Waals surface area (Å²) < 4.78 is 0. The SMILES string of the molecule is CCC1CCC(NC(C)c2ccc3c(c2)CCCC3)CC1. The van der Waals surface area contributed by atoms with Crippen LogP contribution in [0.5, 0.6) is 0 Å². The van der Waals surface area contributed by atoms with E-state index >= 15 is 0 Å². The normalized spacial score (nSPS) is 27.1. The first-order chi connectivity index (χ1) is 10.3. The zero-order chi connectivity index (χ0) is 14.7. The van der Waals surface area contributed by atoms with Gasteiger partial charge in [-0.3, -0.25) is 0 Å². The molecule has 3 rings (SSSR count). The fraction of sp³-hybridized carbons (Fsp3) is 0.700. The maximum Gasteiger partial charge on any atom is 0.0294 e. The molecule has 21 heavy (non-hydrogen) atoms. The maximum absolute atomic E-state index is 3.89. The topological polar surface area (TPSA) is 12.0 Å². The van der Waals surface area contributed by atoms with Gasteiger partial charge in [0.1, 0.15) is 0 Å². The van der Waals surface area contributed by atoms with E-state index in [1.165, 1.54) is 63.4 Å². The lowest BCUT2D eigenvalue weighted by Gasteiger charge is -2.31. The fourth-order valence-electron chi connectivity index (χ4n) is 4.21. The van der Waals surface area contributed by atoms with Crippen molar-refractivity contribution in [3.05, 3.63) is 34.9 Å². The van der Waals surface area contributed by atoms with E-state index in [0.29, 0.717) is 6.04 Å². The Labute approximate surface area is 130 Å². The molecule has 1 heteroatoms. The van der Waals surface area contributed by atoms with Crippen LogP contribution in [0.1, 0.15) is 81.5 Å². The summed E-state index contributed by atoms with van der Waals surface area (Å²) in [6, 6.07) is 8.46. The molecule has 0 amide bonds. The van der Waals surface area contributed by atoms with Crippen LogP contribution in [0.3, 0.4) is 0 Å². The Balaban J connectivity index is 1.59. The van der Waals surface area contributed by atoms with Crippen molar-refractivity contribution in [2.45, 2.75) is 83.7 Å². The fourth-order valence-corrected chi connectivity index (χ4v) is 4.21. The smallest absolute Gasteiger partial charge is 0.0294 e. The lowest BCUT2D eigenvalue weighted by molar-refractivity contribution is 0.273. The van der Waals surface area contributed by atoms with Crippen molar-refractivity contribution in [3.63, 3.8) is 0 Å². The highest BCUT2D eigenvalue weighted by atomic mass is 14.9. The molecule has 0 aromatic heterocycles. The van der Waals surface area contributed by atoms with Gasteiger partial charge in [-0.05, 0) is 80.9 Å². The standard InChI is InChI=1S/C20H31N/c1-3-16-8-12-20(13-9-16)21-15(2)18-11-10-17-6-4-5-7-19(17)14-18/h10-11,14-16,20-21H,3-9,12-13H2,1-2H3. The summed E-state index contributed by atoms with van der Waals surface area (Å²) in [6.45, 7) is 4.69. The molecule has 2 aliphatic carbocycles. The van der Waals surface area contributed by atoms with Crippen LogP contribution < -0.4 is 5.32 Å². The Morgan fingerprint density at radius 2 is 1.76 bits per heavy atom. The molecule has 0 spiro atoms. The molecule has 1 N–H and O–H groups in total. The number of hydrogen-bond acceptors (Lipinski definition) is 1. The molecule has 2 aliphatic rings. The van der Waals surface area contributed by atoms with E-state index < -0.39 is 0 Å². The van der Waals surface area contributed by atoms with Gasteiger partial charge in [0.05, 0.1) is 0 Å². The second kappa shape index (κ2) is 6.96. The zero-order valence-electron chi connectivity index (χ0n) is 13.8. The van der Waals surface area contributed by atoms with Crippen molar-refractivity contribution < 1.29 is 0 Å². The number of nitrogens with one attached hydrogen (secondary N) is 1. The van der Waals surface area contributed by atoms with Gasteiger partial charge in [-0.25, -0.2) is 0 Å². The first-order valence-electron chi connectivity index (χ1n) is 9.14. The Morgan fingerprint density at radius 3 is 2.48 bits per heavy atom. The molecule has 1 aromatic rings. The number of benzene rings is 1. The molecular weight excluding hydrogens is 254 g/mol. The van der Waals surface area contributed by atoms with Crippen molar-refractivity contribution in [2.75, 3.05) is 0 Å². The minimum absolute atomic E-state index is 0.500. The molecule has 116 valence electrons. The van der Waals surface area contributed by atoms with E-state index in [1.54, 1.807) is 11.1 Å². The van der Waals surface area contributed by atoms with Gasteiger partial charge in [0.2, 0.25) is 0 Å². The van der Waals surface area contributed by atoms with Crippen LogP contribution in [0.25, 0.3) is 0 Å². The summed E-state index contributed by atoms with van der Waals surface area (Å²) in [6.07, 6.45) is 12.3. The maximum atomic E-state index is 3.89. The summed E-state index contributed by atoms with van der Waals surface area (Å²) in [5.74, 6) is 0.988. The van der Waals surface area contributed by atoms with E-state index in [9.17, 15) is 0 Å².